The van der Waals surface area contributed by atoms with Crippen LogP contribution in [0.2, 0.25) is 5.02 Å². The first kappa shape index (κ1) is 45.9. The van der Waals surface area contributed by atoms with Crippen molar-refractivity contribution in [3.05, 3.63) is 82.4 Å². The molecule has 0 saturated carbocycles. The number of carbonyl (C=O) groups is 4. The van der Waals surface area contributed by atoms with E-state index in [4.69, 9.17) is 25.7 Å². The van der Waals surface area contributed by atoms with Gasteiger partial charge in [-0.25, -0.2) is 4.98 Å². The fourth-order valence-electron chi connectivity index (χ4n) is 5.52. The molecule has 4 aromatic heterocycles. The van der Waals surface area contributed by atoms with Crippen LogP contribution in [0.25, 0.3) is 10.7 Å². The first-order valence-corrected chi connectivity index (χ1v) is 18.6. The SMILES string of the molecule is O=C(C(=O)C(F)(F)F)C(F)(F)F.O=C(COc1ccc2cc1CCc1cncc(c1)Nc1ncc(Cl)c(n1)N2)N1CCC(c2nc(-c3cccs3)no2)CC1.O=CC(F)(F)F. The van der Waals surface area contributed by atoms with Crippen LogP contribution in [0.3, 0.4) is 0 Å². The van der Waals surface area contributed by atoms with Crippen molar-refractivity contribution in [3.8, 4) is 16.5 Å². The molecule has 324 valence electrons. The number of Topliss-reactive ketones (excluding diaryl/α,β-unsaturated/α-hetero) is 2. The molecule has 2 N–H and O–H groups in total. The number of pyridine rings is 1. The topological polar surface area (TPSA) is 182 Å². The summed E-state index contributed by atoms with van der Waals surface area (Å²) < 4.78 is 110. The van der Waals surface area contributed by atoms with Gasteiger partial charge in [0.25, 0.3) is 5.91 Å². The van der Waals surface area contributed by atoms with Crippen LogP contribution in [0, 0.1) is 0 Å². The van der Waals surface area contributed by atoms with Gasteiger partial charge in [0.2, 0.25) is 23.9 Å². The van der Waals surface area contributed by atoms with Gasteiger partial charge in [-0.2, -0.15) is 49.5 Å². The van der Waals surface area contributed by atoms with E-state index in [1.54, 1.807) is 23.7 Å². The molecule has 25 heteroatoms. The number of aryl methyl sites for hydroxylation is 2. The number of halogens is 10. The number of amides is 1. The molecule has 1 aromatic carbocycles. The van der Waals surface area contributed by atoms with Crippen LogP contribution in [-0.4, -0.2) is 92.0 Å². The number of benzene rings is 1. The minimum Gasteiger partial charge on any atom is -0.483 e. The number of nitrogens with one attached hydrogen (secondary N) is 2. The molecule has 0 unspecified atom stereocenters. The zero-order chi connectivity index (χ0) is 44.5. The monoisotopic (exact) mass is 906 g/mol. The van der Waals surface area contributed by atoms with Crippen LogP contribution in [0.4, 0.5) is 62.7 Å². The number of rotatable bonds is 6. The number of aldehydes is 1. The maximum absolute atomic E-state index is 13.1. The normalized spacial score (nSPS) is 14.2. The molecule has 6 bridgehead atoms. The maximum Gasteiger partial charge on any atom is 0.458 e. The fraction of sp³-hybridized carbons (Fsp3) is 0.306. The van der Waals surface area contributed by atoms with Gasteiger partial charge in [0.15, 0.2) is 12.4 Å². The number of aromatic nitrogens is 5. The highest BCUT2D eigenvalue weighted by Gasteiger charge is 2.54. The Balaban J connectivity index is 0.000000329. The molecular weight excluding hydrogens is 879 g/mol. The van der Waals surface area contributed by atoms with Crippen molar-refractivity contribution in [3.63, 3.8) is 0 Å². The van der Waals surface area contributed by atoms with E-state index in [0.29, 0.717) is 53.8 Å². The second kappa shape index (κ2) is 19.5. The summed E-state index contributed by atoms with van der Waals surface area (Å²) >= 11 is 7.96. The zero-order valence-corrected chi connectivity index (χ0v) is 32.3. The Morgan fingerprint density at radius 2 is 1.59 bits per heavy atom. The summed E-state index contributed by atoms with van der Waals surface area (Å²) in [6, 6.07) is 11.7. The minimum absolute atomic E-state index is 0.0460. The van der Waals surface area contributed by atoms with Gasteiger partial charge in [-0.1, -0.05) is 22.8 Å². The largest absolute Gasteiger partial charge is 0.483 e. The second-order valence-electron chi connectivity index (χ2n) is 12.7. The van der Waals surface area contributed by atoms with Gasteiger partial charge in [-0.05, 0) is 72.5 Å². The number of ketones is 2. The van der Waals surface area contributed by atoms with Crippen LogP contribution < -0.4 is 15.4 Å². The van der Waals surface area contributed by atoms with Crippen LogP contribution in [0.15, 0.2) is 64.9 Å². The predicted molar refractivity (Wildman–Crippen MR) is 198 cm³/mol. The molecule has 0 atom stereocenters. The number of ether oxygens (including phenoxy) is 1. The van der Waals surface area contributed by atoms with Gasteiger partial charge in [-0.3, -0.25) is 24.2 Å². The smallest absolute Gasteiger partial charge is 0.458 e. The summed E-state index contributed by atoms with van der Waals surface area (Å²) in [4.78, 5) is 61.7. The number of fused-ring (bicyclic) bond motifs is 6. The van der Waals surface area contributed by atoms with Crippen molar-refractivity contribution >= 4 is 69.8 Å². The summed E-state index contributed by atoms with van der Waals surface area (Å²) in [5, 5.41) is 13.0. The summed E-state index contributed by atoms with van der Waals surface area (Å²) in [6.45, 7) is 1.17. The summed E-state index contributed by atoms with van der Waals surface area (Å²) in [6.07, 6.45) is -9.19. The molecule has 14 nitrogen and oxygen atoms in total. The summed E-state index contributed by atoms with van der Waals surface area (Å²) in [5.41, 5.74) is 3.59. The van der Waals surface area contributed by atoms with E-state index in [1.807, 2.05) is 52.9 Å². The van der Waals surface area contributed by atoms with Crippen molar-refractivity contribution in [2.75, 3.05) is 30.3 Å². The van der Waals surface area contributed by atoms with Crippen molar-refractivity contribution in [1.82, 2.24) is 30.0 Å². The number of carbonyl (C=O) groups excluding carboxylic acids is 4. The third kappa shape index (κ3) is 13.2. The Hall–Kier alpha value is -6.17. The van der Waals surface area contributed by atoms with E-state index < -0.39 is 36.4 Å². The average Bonchev–Trinajstić information content (AvgIpc) is 3.93. The molecule has 0 aliphatic carbocycles. The molecule has 0 spiro atoms. The second-order valence-corrected chi connectivity index (χ2v) is 14.1. The van der Waals surface area contributed by atoms with Crippen LogP contribution >= 0.6 is 22.9 Å². The summed E-state index contributed by atoms with van der Waals surface area (Å²) in [7, 11) is 0. The Kier molecular flexibility index (Phi) is 14.7. The van der Waals surface area contributed by atoms with Gasteiger partial charge in [0.05, 0.1) is 23.0 Å². The molecule has 6 heterocycles. The predicted octanol–water partition coefficient (Wildman–Crippen LogP) is 8.00. The maximum atomic E-state index is 13.1. The van der Waals surface area contributed by atoms with Gasteiger partial charge in [0, 0.05) is 30.9 Å². The molecule has 5 aromatic rings. The Morgan fingerprint density at radius 1 is 0.902 bits per heavy atom. The number of alkyl halides is 9. The lowest BCUT2D eigenvalue weighted by Crippen LogP contribution is -2.40. The van der Waals surface area contributed by atoms with E-state index in [-0.39, 0.29) is 18.4 Å². The minimum atomic E-state index is -5.77. The number of thiophene rings is 1. The molecule has 1 fully saturated rings. The first-order chi connectivity index (χ1) is 28.7. The van der Waals surface area contributed by atoms with E-state index in [2.05, 4.69) is 35.7 Å². The average molecular weight is 907 g/mol. The van der Waals surface area contributed by atoms with E-state index in [0.717, 1.165) is 46.6 Å². The molecule has 1 amide bonds. The lowest BCUT2D eigenvalue weighted by atomic mass is 9.97. The standard InChI is InChI=1S/C30H27ClN8O3S.C4F6O2.C2HF3O/c31-23-16-33-30-35-22-12-18(14-32-15-22)3-4-20-13-21(34-27(23)37-30)5-6-24(20)41-17-26(40)39-9-7-19(8-10-39)29-36-28(38-42-29)25-2-1-11-43-25;5-3(6,7)1(11)2(12)4(8,9)10;3-2(4,5)1-6/h1-2,5-6,11-16,19H,3-4,7-10,17H2,(H2,33,34,35,37);;1H. The lowest BCUT2D eigenvalue weighted by molar-refractivity contribution is -0.193. The van der Waals surface area contributed by atoms with Crippen molar-refractivity contribution < 1.29 is 68.0 Å². The molecule has 2 aliphatic heterocycles. The highest BCUT2D eigenvalue weighted by Crippen LogP contribution is 2.32. The summed E-state index contributed by atoms with van der Waals surface area (Å²) in [5.74, 6) is -3.93. The number of anilines is 4. The van der Waals surface area contributed by atoms with Crippen LogP contribution in [0.1, 0.15) is 35.8 Å². The Morgan fingerprint density at radius 3 is 2.21 bits per heavy atom. The molecule has 7 rings (SSSR count). The third-order valence-electron chi connectivity index (χ3n) is 8.39. The fourth-order valence-corrected chi connectivity index (χ4v) is 6.30. The quantitative estimate of drug-likeness (QED) is 0.0951. The van der Waals surface area contributed by atoms with Gasteiger partial charge in [0.1, 0.15) is 10.8 Å². The third-order valence-corrected chi connectivity index (χ3v) is 9.53. The first-order valence-electron chi connectivity index (χ1n) is 17.4. The van der Waals surface area contributed by atoms with Gasteiger partial charge < -0.3 is 24.8 Å². The van der Waals surface area contributed by atoms with Crippen molar-refractivity contribution in [1.29, 1.82) is 0 Å². The molecule has 2 aliphatic rings. The van der Waals surface area contributed by atoms with Gasteiger partial charge in [-0.15, -0.1) is 11.3 Å². The van der Waals surface area contributed by atoms with E-state index in [9.17, 15) is 53.9 Å². The van der Waals surface area contributed by atoms with Crippen molar-refractivity contribution in [2.24, 2.45) is 0 Å². The number of piperidine rings is 1. The highest BCUT2D eigenvalue weighted by molar-refractivity contribution is 7.13. The van der Waals surface area contributed by atoms with Crippen LogP contribution in [-0.2, 0) is 32.0 Å². The molecular formula is C36H28ClF9N8O6S. The van der Waals surface area contributed by atoms with Gasteiger partial charge >= 0.3 is 30.1 Å². The number of nitrogens with zero attached hydrogens (tertiary/aromatic N) is 6. The lowest BCUT2D eigenvalue weighted by Gasteiger charge is -2.30. The highest BCUT2D eigenvalue weighted by atomic mass is 35.5. The zero-order valence-electron chi connectivity index (χ0n) is 30.7. The van der Waals surface area contributed by atoms with Crippen LogP contribution in [0.5, 0.6) is 5.75 Å². The number of hydrogen-bond acceptors (Lipinski definition) is 14. The van der Waals surface area contributed by atoms with E-state index >= 15 is 0 Å². The Labute approximate surface area is 346 Å². The molecule has 61 heavy (non-hydrogen) atoms. The Bertz CT molecular complexity index is 2310. The van der Waals surface area contributed by atoms with Crippen molar-refractivity contribution in [2.45, 2.75) is 50.1 Å². The molecule has 1 saturated heterocycles. The molecule has 0 radical (unpaired) electrons. The van der Waals surface area contributed by atoms with E-state index in [1.165, 1.54) is 0 Å². The number of hydrogen-bond donors (Lipinski definition) is 2. The number of likely N-dealkylation sites (tertiary alicyclic amines) is 1.